The lowest BCUT2D eigenvalue weighted by Gasteiger charge is -2.35. The zero-order chi connectivity index (χ0) is 14.5. The summed E-state index contributed by atoms with van der Waals surface area (Å²) in [6.07, 6.45) is 3.02. The number of hydrogen-bond donors (Lipinski definition) is 1. The lowest BCUT2D eigenvalue weighted by atomic mass is 9.92. The number of nitrogens with zero attached hydrogens (tertiary/aromatic N) is 1. The van der Waals surface area contributed by atoms with Crippen LogP contribution in [-0.2, 0) is 9.59 Å². The van der Waals surface area contributed by atoms with Crippen molar-refractivity contribution in [2.24, 2.45) is 0 Å². The number of carbonyl (C=O) groups excluding carboxylic acids is 1. The number of carboxylic acid groups (broad SMARTS) is 1. The molecule has 0 aliphatic carbocycles. The van der Waals surface area contributed by atoms with Gasteiger partial charge in [-0.05, 0) is 31.2 Å². The van der Waals surface area contributed by atoms with E-state index in [1.165, 1.54) is 0 Å². The van der Waals surface area contributed by atoms with Gasteiger partial charge in [0.1, 0.15) is 6.04 Å². The van der Waals surface area contributed by atoms with Crippen LogP contribution in [0.15, 0.2) is 30.3 Å². The normalized spacial score (nSPS) is 20.4. The van der Waals surface area contributed by atoms with E-state index in [2.05, 4.69) is 0 Å². The standard InChI is InChI=1S/C16H21NO3/c1-2-13(12-8-4-3-5-9-12)15(18)17-11-7-6-10-14(17)16(19)20/h3-5,8-9,13-14H,2,6-7,10-11H2,1H3,(H,19,20)/t13?,14-/m0/s1. The Labute approximate surface area is 119 Å². The minimum atomic E-state index is -0.888. The first kappa shape index (κ1) is 14.6. The molecule has 1 aromatic carbocycles. The van der Waals surface area contributed by atoms with Gasteiger partial charge in [0.25, 0.3) is 0 Å². The van der Waals surface area contributed by atoms with E-state index in [0.717, 1.165) is 18.4 Å². The highest BCUT2D eigenvalue weighted by molar-refractivity contribution is 5.88. The number of benzene rings is 1. The van der Waals surface area contributed by atoms with Crippen molar-refractivity contribution in [1.82, 2.24) is 4.90 Å². The highest BCUT2D eigenvalue weighted by Gasteiger charge is 2.35. The summed E-state index contributed by atoms with van der Waals surface area (Å²) < 4.78 is 0. The Hall–Kier alpha value is -1.84. The molecule has 2 rings (SSSR count). The van der Waals surface area contributed by atoms with Gasteiger partial charge in [0, 0.05) is 6.54 Å². The summed E-state index contributed by atoms with van der Waals surface area (Å²) in [5.74, 6) is -1.18. The van der Waals surface area contributed by atoms with Crippen molar-refractivity contribution in [2.75, 3.05) is 6.54 Å². The average molecular weight is 275 g/mol. The summed E-state index contributed by atoms with van der Waals surface area (Å²) in [7, 11) is 0. The number of hydrogen-bond acceptors (Lipinski definition) is 2. The van der Waals surface area contributed by atoms with Gasteiger partial charge in [-0.1, -0.05) is 37.3 Å². The molecule has 4 heteroatoms. The molecule has 1 aliphatic heterocycles. The Morgan fingerprint density at radius 3 is 2.60 bits per heavy atom. The first-order valence-electron chi connectivity index (χ1n) is 7.23. The second kappa shape index (κ2) is 6.55. The Morgan fingerprint density at radius 2 is 2.00 bits per heavy atom. The molecular weight excluding hydrogens is 254 g/mol. The lowest BCUT2D eigenvalue weighted by Crippen LogP contribution is -2.49. The van der Waals surface area contributed by atoms with E-state index in [0.29, 0.717) is 19.4 Å². The van der Waals surface area contributed by atoms with Gasteiger partial charge in [-0.2, -0.15) is 0 Å². The number of likely N-dealkylation sites (tertiary alicyclic amines) is 1. The highest BCUT2D eigenvalue weighted by Crippen LogP contribution is 2.26. The Balaban J connectivity index is 2.21. The van der Waals surface area contributed by atoms with Crippen LogP contribution in [0.3, 0.4) is 0 Å². The third-order valence-corrected chi connectivity index (χ3v) is 3.98. The number of aliphatic carboxylic acids is 1. The van der Waals surface area contributed by atoms with E-state index >= 15 is 0 Å². The molecule has 0 radical (unpaired) electrons. The van der Waals surface area contributed by atoms with Crippen molar-refractivity contribution in [2.45, 2.75) is 44.6 Å². The Morgan fingerprint density at radius 1 is 1.30 bits per heavy atom. The molecule has 0 bridgehead atoms. The molecule has 0 aromatic heterocycles. The van der Waals surface area contributed by atoms with Crippen LogP contribution in [0.25, 0.3) is 0 Å². The van der Waals surface area contributed by atoms with Crippen LogP contribution in [0.5, 0.6) is 0 Å². The summed E-state index contributed by atoms with van der Waals surface area (Å²) in [5, 5.41) is 9.29. The maximum Gasteiger partial charge on any atom is 0.326 e. The van der Waals surface area contributed by atoms with Crippen LogP contribution >= 0.6 is 0 Å². The van der Waals surface area contributed by atoms with Crippen molar-refractivity contribution in [3.63, 3.8) is 0 Å². The van der Waals surface area contributed by atoms with Crippen LogP contribution in [0.2, 0.25) is 0 Å². The van der Waals surface area contributed by atoms with Gasteiger partial charge in [-0.3, -0.25) is 4.79 Å². The van der Waals surface area contributed by atoms with Crippen molar-refractivity contribution in [1.29, 1.82) is 0 Å². The molecule has 20 heavy (non-hydrogen) atoms. The maximum atomic E-state index is 12.7. The summed E-state index contributed by atoms with van der Waals surface area (Å²) in [5.41, 5.74) is 0.967. The van der Waals surface area contributed by atoms with Gasteiger partial charge in [0.2, 0.25) is 5.91 Å². The Bertz CT molecular complexity index is 472. The number of rotatable bonds is 4. The fraction of sp³-hybridized carbons (Fsp3) is 0.500. The first-order chi connectivity index (χ1) is 9.65. The lowest BCUT2D eigenvalue weighted by molar-refractivity contribution is -0.152. The van der Waals surface area contributed by atoms with Crippen LogP contribution in [0, 0.1) is 0 Å². The van der Waals surface area contributed by atoms with Crippen molar-refractivity contribution >= 4 is 11.9 Å². The predicted molar refractivity (Wildman–Crippen MR) is 76.5 cm³/mol. The van der Waals surface area contributed by atoms with Crippen molar-refractivity contribution < 1.29 is 14.7 Å². The minimum Gasteiger partial charge on any atom is -0.480 e. The first-order valence-corrected chi connectivity index (χ1v) is 7.23. The summed E-state index contributed by atoms with van der Waals surface area (Å²) in [6.45, 7) is 2.52. The molecule has 1 aliphatic rings. The van der Waals surface area contributed by atoms with E-state index in [4.69, 9.17) is 0 Å². The number of piperidine rings is 1. The number of carboxylic acids is 1. The smallest absolute Gasteiger partial charge is 0.326 e. The van der Waals surface area contributed by atoms with Crippen LogP contribution in [-0.4, -0.2) is 34.5 Å². The SMILES string of the molecule is CCC(C(=O)N1CCCC[C@H]1C(=O)O)c1ccccc1. The maximum absolute atomic E-state index is 12.7. The molecule has 108 valence electrons. The molecule has 1 saturated heterocycles. The van der Waals surface area contributed by atoms with Crippen LogP contribution < -0.4 is 0 Å². The third kappa shape index (κ3) is 3.00. The zero-order valence-corrected chi connectivity index (χ0v) is 11.8. The number of carbonyl (C=O) groups is 2. The molecule has 1 aromatic rings. The van der Waals surface area contributed by atoms with Gasteiger partial charge >= 0.3 is 5.97 Å². The molecule has 1 fully saturated rings. The van der Waals surface area contributed by atoms with Crippen molar-refractivity contribution in [3.05, 3.63) is 35.9 Å². The van der Waals surface area contributed by atoms with Gasteiger partial charge < -0.3 is 10.0 Å². The third-order valence-electron chi connectivity index (χ3n) is 3.98. The van der Waals surface area contributed by atoms with E-state index in [-0.39, 0.29) is 11.8 Å². The second-order valence-electron chi connectivity index (χ2n) is 5.25. The zero-order valence-electron chi connectivity index (χ0n) is 11.8. The molecule has 4 nitrogen and oxygen atoms in total. The monoisotopic (exact) mass is 275 g/mol. The average Bonchev–Trinajstić information content (AvgIpc) is 2.49. The van der Waals surface area contributed by atoms with Crippen LogP contribution in [0.1, 0.15) is 44.1 Å². The summed E-state index contributed by atoms with van der Waals surface area (Å²) >= 11 is 0. The van der Waals surface area contributed by atoms with Gasteiger partial charge in [0.15, 0.2) is 0 Å². The minimum absolute atomic E-state index is 0.0502. The quantitative estimate of drug-likeness (QED) is 0.919. The summed E-state index contributed by atoms with van der Waals surface area (Å²) in [6, 6.07) is 8.96. The predicted octanol–water partition coefficient (Wildman–Crippen LogP) is 2.65. The van der Waals surface area contributed by atoms with E-state index in [9.17, 15) is 14.7 Å². The van der Waals surface area contributed by atoms with Gasteiger partial charge in [-0.25, -0.2) is 4.79 Å². The largest absolute Gasteiger partial charge is 0.480 e. The second-order valence-corrected chi connectivity index (χ2v) is 5.25. The van der Waals surface area contributed by atoms with E-state index < -0.39 is 12.0 Å². The number of amides is 1. The highest BCUT2D eigenvalue weighted by atomic mass is 16.4. The van der Waals surface area contributed by atoms with Gasteiger partial charge in [0.05, 0.1) is 5.92 Å². The molecular formula is C16H21NO3. The van der Waals surface area contributed by atoms with Gasteiger partial charge in [-0.15, -0.1) is 0 Å². The fourth-order valence-electron chi connectivity index (χ4n) is 2.89. The fourth-order valence-corrected chi connectivity index (χ4v) is 2.89. The Kier molecular flexibility index (Phi) is 4.77. The molecule has 1 N–H and O–H groups in total. The van der Waals surface area contributed by atoms with E-state index in [1.54, 1.807) is 4.90 Å². The molecule has 0 saturated carbocycles. The molecule has 1 heterocycles. The van der Waals surface area contributed by atoms with Crippen LogP contribution in [0.4, 0.5) is 0 Å². The van der Waals surface area contributed by atoms with E-state index in [1.807, 2.05) is 37.3 Å². The topological polar surface area (TPSA) is 57.6 Å². The van der Waals surface area contributed by atoms with Crippen molar-refractivity contribution in [3.8, 4) is 0 Å². The molecule has 1 amide bonds. The molecule has 0 spiro atoms. The summed E-state index contributed by atoms with van der Waals surface area (Å²) in [4.78, 5) is 25.6. The molecule has 1 unspecified atom stereocenters. The molecule has 2 atom stereocenters.